The lowest BCUT2D eigenvalue weighted by Gasteiger charge is -2.57. The number of hydrogen-bond acceptors (Lipinski definition) is 8. The van der Waals surface area contributed by atoms with Crippen molar-refractivity contribution in [1.82, 2.24) is 29.6 Å². The normalized spacial score (nSPS) is 29.5. The zero-order valence-electron chi connectivity index (χ0n) is 22.3. The first-order valence-electron chi connectivity index (χ1n) is 14.2. The molecule has 1 amide bonds. The number of pyridine rings is 1. The van der Waals surface area contributed by atoms with Gasteiger partial charge in [0.05, 0.1) is 41.7 Å². The molecule has 0 aromatic carbocycles. The van der Waals surface area contributed by atoms with Crippen molar-refractivity contribution in [3.8, 4) is 11.8 Å². The zero-order valence-corrected chi connectivity index (χ0v) is 22.3. The number of dihydropyridines is 1. The molecule has 5 atom stereocenters. The third kappa shape index (κ3) is 4.07. The number of allylic oxidation sites excluding steroid dienone is 2. The summed E-state index contributed by atoms with van der Waals surface area (Å²) in [4.78, 5) is 19.1. The number of amides is 1. The molecule has 2 aromatic rings. The number of ether oxygens (including phenoxy) is 1. The van der Waals surface area contributed by atoms with Gasteiger partial charge >= 0.3 is 0 Å². The maximum Gasteiger partial charge on any atom is 0.222 e. The van der Waals surface area contributed by atoms with Gasteiger partial charge in [-0.15, -0.1) is 0 Å². The molecule has 5 saturated heterocycles. The molecular weight excluding hydrogens is 494 g/mol. The average molecular weight is 530 g/mol. The number of piperazine rings is 1. The third-order valence-corrected chi connectivity index (χ3v) is 9.35. The molecule has 204 valence electrons. The van der Waals surface area contributed by atoms with Crippen LogP contribution >= 0.6 is 0 Å². The number of aromatic nitrogens is 2. The van der Waals surface area contributed by atoms with Crippen LogP contribution in [0.2, 0.25) is 0 Å². The number of aliphatic hydroxyl groups excluding tert-OH is 1. The Hall–Kier alpha value is -3.55. The Morgan fingerprint density at radius 2 is 2.08 bits per heavy atom. The van der Waals surface area contributed by atoms with Gasteiger partial charge in [0.2, 0.25) is 5.91 Å². The number of rotatable bonds is 7. The van der Waals surface area contributed by atoms with Crippen LogP contribution in [0.3, 0.4) is 0 Å². The molecular formula is C29H35N7O3. The molecule has 0 aliphatic carbocycles. The minimum Gasteiger partial charge on any atom is -0.491 e. The Morgan fingerprint density at radius 3 is 2.74 bits per heavy atom. The summed E-state index contributed by atoms with van der Waals surface area (Å²) in [6.45, 7) is 5.59. The lowest BCUT2D eigenvalue weighted by Crippen LogP contribution is -2.70. The Balaban J connectivity index is 1.09. The van der Waals surface area contributed by atoms with Gasteiger partial charge in [-0.2, -0.15) is 10.4 Å². The summed E-state index contributed by atoms with van der Waals surface area (Å²) in [7, 11) is 0. The second-order valence-electron chi connectivity index (χ2n) is 11.4. The maximum atomic E-state index is 12.2. The number of fused-ring (bicyclic) bond motifs is 5. The van der Waals surface area contributed by atoms with Crippen molar-refractivity contribution in [3.63, 3.8) is 0 Å². The monoisotopic (exact) mass is 529 g/mol. The second-order valence-corrected chi connectivity index (χ2v) is 11.4. The molecule has 0 saturated carbocycles. The summed E-state index contributed by atoms with van der Waals surface area (Å²) in [6, 6.07) is 5.64. The lowest BCUT2D eigenvalue weighted by molar-refractivity contribution is -0.152. The highest BCUT2D eigenvalue weighted by Gasteiger charge is 2.47. The van der Waals surface area contributed by atoms with E-state index < -0.39 is 0 Å². The topological polar surface area (TPSA) is 109 Å². The number of nitrogens with zero attached hydrogens (tertiary/aromatic N) is 6. The van der Waals surface area contributed by atoms with E-state index in [1.54, 1.807) is 10.7 Å². The van der Waals surface area contributed by atoms with E-state index in [4.69, 9.17) is 4.74 Å². The molecule has 5 fully saturated rings. The fourth-order valence-electron chi connectivity index (χ4n) is 7.47. The summed E-state index contributed by atoms with van der Waals surface area (Å²) in [5.74, 6) is 2.05. The van der Waals surface area contributed by atoms with Gasteiger partial charge in [-0.3, -0.25) is 9.69 Å². The van der Waals surface area contributed by atoms with Gasteiger partial charge in [-0.25, -0.2) is 4.52 Å². The van der Waals surface area contributed by atoms with Crippen LogP contribution in [-0.2, 0) is 4.79 Å². The molecule has 39 heavy (non-hydrogen) atoms. The molecule has 4 bridgehead atoms. The van der Waals surface area contributed by atoms with Gasteiger partial charge in [-0.1, -0.05) is 13.0 Å². The molecule has 8 rings (SSSR count). The quantitative estimate of drug-likeness (QED) is 0.558. The molecule has 10 nitrogen and oxygen atoms in total. The molecule has 0 spiro atoms. The van der Waals surface area contributed by atoms with Gasteiger partial charge in [0, 0.05) is 50.2 Å². The van der Waals surface area contributed by atoms with Crippen LogP contribution in [0.5, 0.6) is 5.75 Å². The highest BCUT2D eigenvalue weighted by atomic mass is 16.5. The molecule has 6 aliphatic rings. The SMILES string of the molecule is CCC(=O)N1C2CC1CN(C1=CC=C(c3cc(OCCN4C5CCC4C(O)C5)cn4ncc(C#N)c34)CN1)C2. The van der Waals surface area contributed by atoms with Crippen LogP contribution in [0.4, 0.5) is 0 Å². The highest BCUT2D eigenvalue weighted by Crippen LogP contribution is 2.38. The number of hydrogen-bond donors (Lipinski definition) is 2. The van der Waals surface area contributed by atoms with Crippen molar-refractivity contribution < 1.29 is 14.6 Å². The van der Waals surface area contributed by atoms with E-state index in [0.717, 1.165) is 67.8 Å². The van der Waals surface area contributed by atoms with E-state index in [1.807, 2.05) is 19.2 Å². The maximum absolute atomic E-state index is 12.2. The fourth-order valence-corrected chi connectivity index (χ4v) is 7.47. The first kappa shape index (κ1) is 24.5. The van der Waals surface area contributed by atoms with E-state index in [2.05, 4.69) is 43.3 Å². The first-order valence-corrected chi connectivity index (χ1v) is 14.2. The summed E-state index contributed by atoms with van der Waals surface area (Å²) < 4.78 is 7.95. The van der Waals surface area contributed by atoms with Gasteiger partial charge < -0.3 is 25.0 Å². The van der Waals surface area contributed by atoms with Crippen molar-refractivity contribution in [2.45, 2.75) is 69.3 Å². The predicted molar refractivity (Wildman–Crippen MR) is 145 cm³/mol. The van der Waals surface area contributed by atoms with Crippen molar-refractivity contribution >= 4 is 17.0 Å². The van der Waals surface area contributed by atoms with Crippen molar-refractivity contribution in [1.29, 1.82) is 5.26 Å². The van der Waals surface area contributed by atoms with E-state index in [0.29, 0.717) is 49.0 Å². The Bertz CT molecular complexity index is 1400. The summed E-state index contributed by atoms with van der Waals surface area (Å²) in [5.41, 5.74) is 3.31. The Labute approximate surface area is 228 Å². The van der Waals surface area contributed by atoms with Gasteiger partial charge in [0.1, 0.15) is 24.2 Å². The van der Waals surface area contributed by atoms with Gasteiger partial charge in [0.15, 0.2) is 0 Å². The lowest BCUT2D eigenvalue weighted by atomic mass is 9.87. The second kappa shape index (κ2) is 9.57. The van der Waals surface area contributed by atoms with Gasteiger partial charge in [0.25, 0.3) is 0 Å². The first-order chi connectivity index (χ1) is 19.0. The van der Waals surface area contributed by atoms with E-state index in [9.17, 15) is 15.2 Å². The molecule has 6 aliphatic heterocycles. The number of piperidine rings is 1. The number of carbonyl (C=O) groups is 1. The third-order valence-electron chi connectivity index (χ3n) is 9.35. The predicted octanol–water partition coefficient (Wildman–Crippen LogP) is 1.71. The minimum absolute atomic E-state index is 0.211. The zero-order chi connectivity index (χ0) is 26.7. The van der Waals surface area contributed by atoms with Crippen molar-refractivity contribution in [2.75, 3.05) is 32.8 Å². The van der Waals surface area contributed by atoms with E-state index in [1.165, 1.54) is 0 Å². The summed E-state index contributed by atoms with van der Waals surface area (Å²) in [5, 5.41) is 28.0. The molecule has 2 aromatic heterocycles. The van der Waals surface area contributed by atoms with Crippen molar-refractivity contribution in [3.05, 3.63) is 47.6 Å². The summed E-state index contributed by atoms with van der Waals surface area (Å²) in [6.07, 6.45) is 12.2. The smallest absolute Gasteiger partial charge is 0.222 e. The average Bonchev–Trinajstić information content (AvgIpc) is 3.64. The van der Waals surface area contributed by atoms with E-state index in [-0.39, 0.29) is 18.1 Å². The standard InChI is InChI=1S/C29H35N7O3/c1-2-28(38)36-21-9-22(36)16-33(15-21)27-6-3-18(13-31-27)24-11-23(17-35-29(24)19(12-30)14-32-35)39-8-7-34-20-4-5-25(34)26(37)10-20/h3,6,11,14,17,20-22,25-26,31,37H,2,4-5,7-10,13,15-16H2,1H3. The molecule has 5 unspecified atom stereocenters. The number of carbonyl (C=O) groups excluding carboxylic acids is 1. The Morgan fingerprint density at radius 1 is 1.23 bits per heavy atom. The van der Waals surface area contributed by atoms with Crippen LogP contribution < -0.4 is 10.1 Å². The van der Waals surface area contributed by atoms with Crippen LogP contribution in [0, 0.1) is 11.3 Å². The van der Waals surface area contributed by atoms with Crippen LogP contribution in [0.15, 0.2) is 36.4 Å². The summed E-state index contributed by atoms with van der Waals surface area (Å²) >= 11 is 0. The molecule has 10 heteroatoms. The van der Waals surface area contributed by atoms with Crippen molar-refractivity contribution in [2.24, 2.45) is 0 Å². The largest absolute Gasteiger partial charge is 0.491 e. The highest BCUT2D eigenvalue weighted by molar-refractivity contribution is 5.84. The van der Waals surface area contributed by atoms with Gasteiger partial charge in [-0.05, 0) is 43.4 Å². The Kier molecular flexibility index (Phi) is 6.01. The number of aliphatic hydroxyl groups is 1. The number of nitrogens with one attached hydrogen (secondary N) is 1. The van der Waals surface area contributed by atoms with Crippen LogP contribution in [0.25, 0.3) is 11.1 Å². The van der Waals surface area contributed by atoms with Crippen LogP contribution in [-0.4, -0.2) is 98.4 Å². The molecule has 8 heterocycles. The molecule has 2 N–H and O–H groups in total. The van der Waals surface area contributed by atoms with Crippen LogP contribution in [0.1, 0.15) is 50.2 Å². The molecule has 0 radical (unpaired) electrons. The van der Waals surface area contributed by atoms with E-state index >= 15 is 0 Å². The number of nitriles is 1. The minimum atomic E-state index is -0.211. The fraction of sp³-hybridized carbons (Fsp3) is 0.552.